The summed E-state index contributed by atoms with van der Waals surface area (Å²) in [6.45, 7) is 0.498. The minimum absolute atomic E-state index is 0.294. The molecule has 0 aliphatic rings. The van der Waals surface area contributed by atoms with Gasteiger partial charge in [-0.25, -0.2) is 5.43 Å². The largest absolute Gasteiger partial charge is 0.489 e. The molecule has 0 unspecified atom stereocenters. The number of hydrogen-bond donors (Lipinski definition) is 1. The number of nitrogens with one attached hydrogen (secondary N) is 1. The van der Waals surface area contributed by atoms with Gasteiger partial charge in [0.05, 0.1) is 6.21 Å². The third kappa shape index (κ3) is 5.94. The van der Waals surface area contributed by atoms with Crippen LogP contribution in [0.1, 0.15) is 21.5 Å². The lowest BCUT2D eigenvalue weighted by Crippen LogP contribution is -2.17. The molecule has 0 heterocycles. The van der Waals surface area contributed by atoms with Crippen LogP contribution in [-0.4, -0.2) is 12.1 Å². The molecule has 0 radical (unpaired) electrons. The molecule has 0 aliphatic heterocycles. The molecule has 27 heavy (non-hydrogen) atoms. The number of hydrogen-bond acceptors (Lipinski definition) is 3. The number of nitrogens with zero attached hydrogens (tertiary/aromatic N) is 1. The molecule has 136 valence electrons. The van der Waals surface area contributed by atoms with Crippen molar-refractivity contribution < 1.29 is 9.53 Å². The van der Waals surface area contributed by atoms with E-state index in [9.17, 15) is 4.79 Å². The van der Waals surface area contributed by atoms with Gasteiger partial charge in [-0.1, -0.05) is 39.7 Å². The summed E-state index contributed by atoms with van der Waals surface area (Å²) in [5.74, 6) is 0.470. The van der Waals surface area contributed by atoms with Crippen molar-refractivity contribution in [1.82, 2.24) is 5.43 Å². The van der Waals surface area contributed by atoms with Crippen LogP contribution in [-0.2, 0) is 6.61 Å². The minimum Gasteiger partial charge on any atom is -0.489 e. The van der Waals surface area contributed by atoms with Gasteiger partial charge in [-0.2, -0.15) is 5.10 Å². The Balaban J connectivity index is 1.50. The fourth-order valence-electron chi connectivity index (χ4n) is 2.23. The van der Waals surface area contributed by atoms with Gasteiger partial charge in [-0.15, -0.1) is 0 Å². The first-order valence-electron chi connectivity index (χ1n) is 8.16. The van der Waals surface area contributed by atoms with E-state index in [4.69, 9.17) is 16.3 Å². The Kier molecular flexibility index (Phi) is 6.63. The molecule has 3 aromatic rings. The van der Waals surface area contributed by atoms with Gasteiger partial charge >= 0.3 is 0 Å². The lowest BCUT2D eigenvalue weighted by Gasteiger charge is -2.06. The first-order chi connectivity index (χ1) is 13.1. The van der Waals surface area contributed by atoms with Gasteiger partial charge < -0.3 is 4.74 Å². The first kappa shape index (κ1) is 19.1. The van der Waals surface area contributed by atoms with Gasteiger partial charge in [0.15, 0.2) is 0 Å². The summed E-state index contributed by atoms with van der Waals surface area (Å²) < 4.78 is 6.80. The monoisotopic (exact) mass is 442 g/mol. The minimum atomic E-state index is -0.294. The van der Waals surface area contributed by atoms with Crippen LogP contribution in [0.5, 0.6) is 5.75 Å². The maximum absolute atomic E-state index is 12.0. The Hall–Kier alpha value is -2.63. The van der Waals surface area contributed by atoms with E-state index < -0.39 is 0 Å². The van der Waals surface area contributed by atoms with Crippen molar-refractivity contribution in [1.29, 1.82) is 0 Å². The Labute approximate surface area is 171 Å². The van der Waals surface area contributed by atoms with Crippen molar-refractivity contribution in [2.45, 2.75) is 6.61 Å². The van der Waals surface area contributed by atoms with Crippen LogP contribution in [0.4, 0.5) is 0 Å². The molecule has 4 nitrogen and oxygen atoms in total. The third-order valence-corrected chi connectivity index (χ3v) is 4.47. The van der Waals surface area contributed by atoms with E-state index in [1.165, 1.54) is 0 Å². The molecule has 1 N–H and O–H groups in total. The van der Waals surface area contributed by atoms with E-state index in [0.29, 0.717) is 17.2 Å². The van der Waals surface area contributed by atoms with E-state index in [1.807, 2.05) is 48.5 Å². The highest BCUT2D eigenvalue weighted by atomic mass is 79.9. The molecule has 0 fully saturated rings. The van der Waals surface area contributed by atoms with Gasteiger partial charge in [0.1, 0.15) is 12.4 Å². The summed E-state index contributed by atoms with van der Waals surface area (Å²) in [7, 11) is 0. The predicted molar refractivity (Wildman–Crippen MR) is 111 cm³/mol. The van der Waals surface area contributed by atoms with Crippen LogP contribution in [0.2, 0.25) is 5.02 Å². The van der Waals surface area contributed by atoms with Crippen molar-refractivity contribution in [3.8, 4) is 5.75 Å². The van der Waals surface area contributed by atoms with Crippen molar-refractivity contribution in [3.63, 3.8) is 0 Å². The zero-order chi connectivity index (χ0) is 19.1. The first-order valence-corrected chi connectivity index (χ1v) is 9.33. The highest BCUT2D eigenvalue weighted by Crippen LogP contribution is 2.15. The smallest absolute Gasteiger partial charge is 0.271 e. The van der Waals surface area contributed by atoms with Crippen molar-refractivity contribution >= 4 is 39.7 Å². The Morgan fingerprint density at radius 2 is 1.67 bits per heavy atom. The summed E-state index contributed by atoms with van der Waals surface area (Å²) >= 11 is 9.21. The van der Waals surface area contributed by atoms with E-state index in [-0.39, 0.29) is 5.91 Å². The molecule has 0 spiro atoms. The lowest BCUT2D eigenvalue weighted by molar-refractivity contribution is 0.0955. The summed E-state index contributed by atoms with van der Waals surface area (Å²) in [5.41, 5.74) is 4.92. The number of carbonyl (C=O) groups excluding carboxylic acids is 1. The van der Waals surface area contributed by atoms with Crippen molar-refractivity contribution in [3.05, 3.63) is 99.0 Å². The average Bonchev–Trinajstić information content (AvgIpc) is 2.69. The standard InChI is InChI=1S/C21H16BrClN2O2/c22-18-7-1-16(2-8-18)14-27-20-11-3-15(4-12-20)13-24-25-21(26)17-5-9-19(23)10-6-17/h1-13H,14H2,(H,25,26)/b24-13+. The zero-order valence-electron chi connectivity index (χ0n) is 14.2. The quantitative estimate of drug-likeness (QED) is 0.407. The second-order valence-corrected chi connectivity index (χ2v) is 7.04. The second-order valence-electron chi connectivity index (χ2n) is 5.69. The SMILES string of the molecule is O=C(N/N=C/c1ccc(OCc2ccc(Br)cc2)cc1)c1ccc(Cl)cc1. The molecule has 3 aromatic carbocycles. The molecule has 0 aromatic heterocycles. The summed E-state index contributed by atoms with van der Waals surface area (Å²) in [5, 5.41) is 4.55. The molecular weight excluding hydrogens is 428 g/mol. The van der Waals surface area contributed by atoms with Gasteiger partial charge in [0.2, 0.25) is 0 Å². The molecule has 0 saturated carbocycles. The van der Waals surface area contributed by atoms with Crippen LogP contribution in [0, 0.1) is 0 Å². The topological polar surface area (TPSA) is 50.7 Å². The molecule has 6 heteroatoms. The highest BCUT2D eigenvalue weighted by Gasteiger charge is 2.03. The molecule has 1 amide bonds. The van der Waals surface area contributed by atoms with E-state index in [0.717, 1.165) is 21.3 Å². The fourth-order valence-corrected chi connectivity index (χ4v) is 2.62. The Morgan fingerprint density at radius 3 is 2.33 bits per heavy atom. The zero-order valence-corrected chi connectivity index (χ0v) is 16.6. The van der Waals surface area contributed by atoms with Crippen LogP contribution < -0.4 is 10.2 Å². The second kappa shape index (κ2) is 9.35. The molecule has 0 atom stereocenters. The molecule has 3 rings (SSSR count). The fraction of sp³-hybridized carbons (Fsp3) is 0.0476. The number of ether oxygens (including phenoxy) is 1. The maximum Gasteiger partial charge on any atom is 0.271 e. The molecule has 0 bridgehead atoms. The average molecular weight is 444 g/mol. The van der Waals surface area contributed by atoms with Gasteiger partial charge in [-0.3, -0.25) is 4.79 Å². The Bertz CT molecular complexity index is 924. The highest BCUT2D eigenvalue weighted by molar-refractivity contribution is 9.10. The van der Waals surface area contributed by atoms with Crippen LogP contribution in [0.3, 0.4) is 0 Å². The summed E-state index contributed by atoms with van der Waals surface area (Å²) in [6.07, 6.45) is 1.58. The molecular formula is C21H16BrClN2O2. The number of carbonyl (C=O) groups is 1. The van der Waals surface area contributed by atoms with Crippen LogP contribution >= 0.6 is 27.5 Å². The summed E-state index contributed by atoms with van der Waals surface area (Å²) in [6, 6.07) is 22.1. The number of benzene rings is 3. The lowest BCUT2D eigenvalue weighted by atomic mass is 10.2. The number of rotatable bonds is 6. The predicted octanol–water partition coefficient (Wildman–Crippen LogP) is 5.45. The normalized spacial score (nSPS) is 10.7. The number of amides is 1. The molecule has 0 saturated heterocycles. The van der Waals surface area contributed by atoms with Crippen LogP contribution in [0.25, 0.3) is 0 Å². The number of hydrazone groups is 1. The Morgan fingerprint density at radius 1 is 1.00 bits per heavy atom. The summed E-state index contributed by atoms with van der Waals surface area (Å²) in [4.78, 5) is 12.0. The van der Waals surface area contributed by atoms with Crippen molar-refractivity contribution in [2.24, 2.45) is 5.10 Å². The van der Waals surface area contributed by atoms with Gasteiger partial charge in [0, 0.05) is 15.1 Å². The third-order valence-electron chi connectivity index (χ3n) is 3.68. The maximum atomic E-state index is 12.0. The van der Waals surface area contributed by atoms with Gasteiger partial charge in [0.25, 0.3) is 5.91 Å². The van der Waals surface area contributed by atoms with Crippen LogP contribution in [0.15, 0.2) is 82.4 Å². The van der Waals surface area contributed by atoms with Gasteiger partial charge in [-0.05, 0) is 71.8 Å². The number of halogens is 2. The van der Waals surface area contributed by atoms with Crippen molar-refractivity contribution in [2.75, 3.05) is 0 Å². The van der Waals surface area contributed by atoms with E-state index in [2.05, 4.69) is 26.5 Å². The van der Waals surface area contributed by atoms with E-state index >= 15 is 0 Å². The molecule has 0 aliphatic carbocycles. The van der Waals surface area contributed by atoms with E-state index in [1.54, 1.807) is 30.5 Å².